The van der Waals surface area contributed by atoms with E-state index in [1.807, 2.05) is 13.8 Å². The molecule has 0 saturated carbocycles. The van der Waals surface area contributed by atoms with Crippen molar-refractivity contribution in [2.45, 2.75) is 43.9 Å². The number of piperidine rings is 1. The van der Waals surface area contributed by atoms with E-state index in [1.165, 1.54) is 23.0 Å². The van der Waals surface area contributed by atoms with Gasteiger partial charge in [0.1, 0.15) is 6.10 Å². The van der Waals surface area contributed by atoms with Gasteiger partial charge < -0.3 is 9.30 Å². The van der Waals surface area contributed by atoms with Crippen molar-refractivity contribution in [3.05, 3.63) is 29.9 Å². The maximum atomic E-state index is 12.8. The van der Waals surface area contributed by atoms with Crippen LogP contribution < -0.4 is 4.74 Å². The van der Waals surface area contributed by atoms with E-state index in [0.29, 0.717) is 18.0 Å². The molecule has 0 amide bonds. The SMILES string of the molecule is CC(C)n1cnc(S(=O)(=O)N2CCCC(Oc3ncc(Cl)cn3)C2)c1. The number of sulfonamides is 1. The van der Waals surface area contributed by atoms with E-state index < -0.39 is 10.0 Å². The summed E-state index contributed by atoms with van der Waals surface area (Å²) >= 11 is 5.75. The van der Waals surface area contributed by atoms with Crippen molar-refractivity contribution in [1.82, 2.24) is 23.8 Å². The Balaban J connectivity index is 1.72. The monoisotopic (exact) mass is 385 g/mol. The Morgan fingerprint density at radius 1 is 1.28 bits per heavy atom. The van der Waals surface area contributed by atoms with Crippen molar-refractivity contribution in [3.63, 3.8) is 0 Å². The maximum Gasteiger partial charge on any atom is 0.316 e. The average molecular weight is 386 g/mol. The summed E-state index contributed by atoms with van der Waals surface area (Å²) < 4.78 is 34.5. The molecule has 136 valence electrons. The third kappa shape index (κ3) is 4.10. The van der Waals surface area contributed by atoms with E-state index in [1.54, 1.807) is 10.8 Å². The topological polar surface area (TPSA) is 90.2 Å². The van der Waals surface area contributed by atoms with Crippen LogP contribution in [0.4, 0.5) is 0 Å². The van der Waals surface area contributed by atoms with Gasteiger partial charge in [-0.2, -0.15) is 4.31 Å². The molecule has 1 unspecified atom stereocenters. The lowest BCUT2D eigenvalue weighted by Crippen LogP contribution is -2.44. The first-order valence-electron chi connectivity index (χ1n) is 8.04. The molecule has 3 rings (SSSR count). The highest BCUT2D eigenvalue weighted by atomic mass is 35.5. The molecule has 2 aromatic rings. The molecule has 1 saturated heterocycles. The minimum absolute atomic E-state index is 0.0598. The molecular weight excluding hydrogens is 366 g/mol. The summed E-state index contributed by atoms with van der Waals surface area (Å²) in [6.45, 7) is 4.62. The van der Waals surface area contributed by atoms with E-state index in [4.69, 9.17) is 16.3 Å². The second-order valence-electron chi connectivity index (χ2n) is 6.18. The van der Waals surface area contributed by atoms with Crippen LogP contribution in [0, 0.1) is 0 Å². The first kappa shape index (κ1) is 18.1. The van der Waals surface area contributed by atoms with Gasteiger partial charge in [0.15, 0.2) is 5.03 Å². The lowest BCUT2D eigenvalue weighted by atomic mass is 10.1. The predicted octanol–water partition coefficient (Wildman–Crippen LogP) is 2.14. The van der Waals surface area contributed by atoms with Crippen LogP contribution in [0.25, 0.3) is 0 Å². The van der Waals surface area contributed by atoms with E-state index in [0.717, 1.165) is 6.42 Å². The summed E-state index contributed by atoms with van der Waals surface area (Å²) in [5.74, 6) is 0. The minimum atomic E-state index is -3.65. The van der Waals surface area contributed by atoms with Crippen LogP contribution in [0.5, 0.6) is 6.01 Å². The Labute approximate surface area is 151 Å². The maximum absolute atomic E-state index is 12.8. The van der Waals surface area contributed by atoms with Gasteiger partial charge in [0.2, 0.25) is 0 Å². The first-order chi connectivity index (χ1) is 11.9. The van der Waals surface area contributed by atoms with Crippen LogP contribution >= 0.6 is 11.6 Å². The minimum Gasteiger partial charge on any atom is -0.459 e. The zero-order valence-corrected chi connectivity index (χ0v) is 15.6. The summed E-state index contributed by atoms with van der Waals surface area (Å²) in [5, 5.41) is 0.477. The molecule has 8 nitrogen and oxygen atoms in total. The molecule has 25 heavy (non-hydrogen) atoms. The van der Waals surface area contributed by atoms with E-state index in [2.05, 4.69) is 15.0 Å². The molecular formula is C15H20ClN5O3S. The Bertz CT molecular complexity index is 822. The number of halogens is 1. The van der Waals surface area contributed by atoms with Crippen molar-refractivity contribution >= 4 is 21.6 Å². The molecule has 0 aromatic carbocycles. The highest BCUT2D eigenvalue weighted by Gasteiger charge is 2.33. The van der Waals surface area contributed by atoms with Crippen molar-refractivity contribution in [2.24, 2.45) is 0 Å². The third-order valence-electron chi connectivity index (χ3n) is 3.99. The fourth-order valence-electron chi connectivity index (χ4n) is 2.60. The van der Waals surface area contributed by atoms with Crippen molar-refractivity contribution < 1.29 is 13.2 Å². The molecule has 1 aliphatic rings. The molecule has 0 radical (unpaired) electrons. The fraction of sp³-hybridized carbons (Fsp3) is 0.533. The smallest absolute Gasteiger partial charge is 0.316 e. The molecule has 1 atom stereocenters. The van der Waals surface area contributed by atoms with Gasteiger partial charge in [-0.15, -0.1) is 0 Å². The van der Waals surface area contributed by atoms with Crippen LogP contribution in [0.1, 0.15) is 32.7 Å². The number of aromatic nitrogens is 4. The normalized spacial score (nSPS) is 19.3. The van der Waals surface area contributed by atoms with Gasteiger partial charge in [0, 0.05) is 18.8 Å². The molecule has 1 fully saturated rings. The standard InChI is InChI=1S/C15H20ClN5O3S/c1-11(2)20-9-14(19-10-20)25(22,23)21-5-3-4-13(8-21)24-15-17-6-12(16)7-18-15/h6-7,9-11,13H,3-5,8H2,1-2H3. The number of rotatable bonds is 5. The summed E-state index contributed by atoms with van der Waals surface area (Å²) in [6, 6.07) is 0.341. The molecule has 1 aliphatic heterocycles. The van der Waals surface area contributed by atoms with Crippen LogP contribution in [-0.4, -0.2) is 51.4 Å². The third-order valence-corrected chi connectivity index (χ3v) is 5.93. The van der Waals surface area contributed by atoms with Gasteiger partial charge in [0.25, 0.3) is 10.0 Å². The van der Waals surface area contributed by atoms with Crippen molar-refractivity contribution in [1.29, 1.82) is 0 Å². The van der Waals surface area contributed by atoms with E-state index in [9.17, 15) is 8.42 Å². The van der Waals surface area contributed by atoms with Gasteiger partial charge in [-0.3, -0.25) is 0 Å². The fourth-order valence-corrected chi connectivity index (χ4v) is 4.12. The number of nitrogens with zero attached hydrogens (tertiary/aromatic N) is 5. The largest absolute Gasteiger partial charge is 0.459 e. The van der Waals surface area contributed by atoms with Gasteiger partial charge in [-0.05, 0) is 26.7 Å². The summed E-state index contributed by atoms with van der Waals surface area (Å²) in [4.78, 5) is 12.0. The molecule has 3 heterocycles. The second-order valence-corrected chi connectivity index (χ2v) is 8.50. The molecule has 0 bridgehead atoms. The quantitative estimate of drug-likeness (QED) is 0.783. The summed E-state index contributed by atoms with van der Waals surface area (Å²) in [6.07, 6.45) is 7.11. The predicted molar refractivity (Wildman–Crippen MR) is 92.1 cm³/mol. The zero-order valence-electron chi connectivity index (χ0n) is 14.0. The Kier molecular flexibility index (Phi) is 5.26. The van der Waals surface area contributed by atoms with Crippen molar-refractivity contribution in [2.75, 3.05) is 13.1 Å². The van der Waals surface area contributed by atoms with Crippen LogP contribution in [0.15, 0.2) is 29.9 Å². The Morgan fingerprint density at radius 3 is 2.64 bits per heavy atom. The number of hydrogen-bond acceptors (Lipinski definition) is 6. The lowest BCUT2D eigenvalue weighted by molar-refractivity contribution is 0.119. The highest BCUT2D eigenvalue weighted by Crippen LogP contribution is 2.22. The van der Waals surface area contributed by atoms with Crippen LogP contribution in [-0.2, 0) is 10.0 Å². The zero-order chi connectivity index (χ0) is 18.0. The second kappa shape index (κ2) is 7.27. The van der Waals surface area contributed by atoms with Gasteiger partial charge in [0.05, 0.1) is 30.3 Å². The molecule has 0 spiro atoms. The van der Waals surface area contributed by atoms with E-state index >= 15 is 0 Å². The van der Waals surface area contributed by atoms with Gasteiger partial charge >= 0.3 is 6.01 Å². The average Bonchev–Trinajstić information content (AvgIpc) is 3.08. The first-order valence-corrected chi connectivity index (χ1v) is 9.86. The Hall–Kier alpha value is -1.71. The molecule has 0 N–H and O–H groups in total. The number of hydrogen-bond donors (Lipinski definition) is 0. The Morgan fingerprint density at radius 2 is 2.00 bits per heavy atom. The van der Waals surface area contributed by atoms with Crippen molar-refractivity contribution in [3.8, 4) is 6.01 Å². The lowest BCUT2D eigenvalue weighted by Gasteiger charge is -2.30. The molecule has 0 aliphatic carbocycles. The number of ether oxygens (including phenoxy) is 1. The molecule has 2 aromatic heterocycles. The van der Waals surface area contributed by atoms with Crippen LogP contribution in [0.2, 0.25) is 5.02 Å². The van der Waals surface area contributed by atoms with E-state index in [-0.39, 0.29) is 29.7 Å². The molecule has 10 heteroatoms. The van der Waals surface area contributed by atoms with Gasteiger partial charge in [-0.1, -0.05) is 11.6 Å². The number of imidazole rings is 1. The highest BCUT2D eigenvalue weighted by molar-refractivity contribution is 7.89. The summed E-state index contributed by atoms with van der Waals surface area (Å²) in [7, 11) is -3.65. The van der Waals surface area contributed by atoms with Crippen LogP contribution in [0.3, 0.4) is 0 Å². The summed E-state index contributed by atoms with van der Waals surface area (Å²) in [5.41, 5.74) is 0. The van der Waals surface area contributed by atoms with Gasteiger partial charge in [-0.25, -0.2) is 23.4 Å².